The van der Waals surface area contributed by atoms with Gasteiger partial charge in [-0.2, -0.15) is 0 Å². The molecule has 0 aromatic heterocycles. The van der Waals surface area contributed by atoms with Gasteiger partial charge in [0.1, 0.15) is 5.75 Å². The molecule has 5 nitrogen and oxygen atoms in total. The fourth-order valence-electron chi connectivity index (χ4n) is 1.41. The quantitative estimate of drug-likeness (QED) is 0.775. The Balaban J connectivity index is 3.42. The van der Waals surface area contributed by atoms with Crippen LogP contribution >= 0.6 is 0 Å². The lowest BCUT2D eigenvalue weighted by molar-refractivity contribution is -0.133. The maximum Gasteiger partial charge on any atom is 0.336 e. The van der Waals surface area contributed by atoms with Crippen molar-refractivity contribution < 1.29 is 24.5 Å². The fourth-order valence-corrected chi connectivity index (χ4v) is 1.41. The summed E-state index contributed by atoms with van der Waals surface area (Å²) < 4.78 is 5.02. The number of rotatable bonds is 4. The Labute approximate surface area is 98.0 Å². The summed E-state index contributed by atoms with van der Waals surface area (Å²) in [4.78, 5) is 21.6. The average molecular weight is 236 g/mol. The summed E-state index contributed by atoms with van der Waals surface area (Å²) in [7, 11) is 1.40. The Morgan fingerprint density at radius 1 is 1.29 bits per heavy atom. The van der Waals surface area contributed by atoms with Gasteiger partial charge in [-0.15, -0.1) is 0 Å². The van der Waals surface area contributed by atoms with Gasteiger partial charge in [-0.05, 0) is 19.1 Å². The Morgan fingerprint density at radius 2 is 1.94 bits per heavy atom. The number of hydrogen-bond donors (Lipinski definition) is 2. The Hall–Kier alpha value is -2.30. The molecule has 0 bridgehead atoms. The first-order chi connectivity index (χ1) is 7.95. The van der Waals surface area contributed by atoms with Crippen LogP contribution in [-0.4, -0.2) is 29.3 Å². The number of aliphatic carboxylic acids is 2. The van der Waals surface area contributed by atoms with Gasteiger partial charge in [0.25, 0.3) is 0 Å². The standard InChI is InChI=1S/C12H12O5/c1-7-3-4-10(17-2)8(5-7)9(12(15)16)6-11(13)14/h3-6H,1-2H3,(H,13,14)(H,15,16)/b9-6-. The molecule has 1 aromatic carbocycles. The van der Waals surface area contributed by atoms with Gasteiger partial charge in [0.05, 0.1) is 12.7 Å². The first kappa shape index (κ1) is 12.8. The molecular formula is C12H12O5. The summed E-state index contributed by atoms with van der Waals surface area (Å²) in [6.45, 7) is 1.78. The SMILES string of the molecule is COc1ccc(C)cc1/C(=C/C(=O)O)C(=O)O. The van der Waals surface area contributed by atoms with Gasteiger partial charge in [0, 0.05) is 11.6 Å². The predicted octanol–water partition coefficient (Wildman–Crippen LogP) is 1.56. The van der Waals surface area contributed by atoms with Crippen LogP contribution in [0.4, 0.5) is 0 Å². The minimum atomic E-state index is -1.31. The molecule has 17 heavy (non-hydrogen) atoms. The van der Waals surface area contributed by atoms with Gasteiger partial charge < -0.3 is 14.9 Å². The second-order valence-electron chi connectivity index (χ2n) is 3.41. The number of carbonyl (C=O) groups is 2. The summed E-state index contributed by atoms with van der Waals surface area (Å²) in [6, 6.07) is 4.92. The van der Waals surface area contributed by atoms with Crippen molar-refractivity contribution in [2.24, 2.45) is 0 Å². The van der Waals surface area contributed by atoms with Crippen molar-refractivity contribution in [3.8, 4) is 5.75 Å². The van der Waals surface area contributed by atoms with E-state index in [9.17, 15) is 9.59 Å². The van der Waals surface area contributed by atoms with E-state index < -0.39 is 11.9 Å². The van der Waals surface area contributed by atoms with E-state index in [2.05, 4.69) is 0 Å². The van der Waals surface area contributed by atoms with Crippen LogP contribution in [0.3, 0.4) is 0 Å². The second kappa shape index (κ2) is 5.16. The van der Waals surface area contributed by atoms with E-state index in [1.807, 2.05) is 0 Å². The number of benzene rings is 1. The van der Waals surface area contributed by atoms with E-state index in [1.165, 1.54) is 7.11 Å². The molecule has 0 amide bonds. The molecular weight excluding hydrogens is 224 g/mol. The molecule has 0 aliphatic rings. The molecule has 0 fully saturated rings. The largest absolute Gasteiger partial charge is 0.496 e. The molecule has 0 saturated heterocycles. The minimum absolute atomic E-state index is 0.252. The summed E-state index contributed by atoms with van der Waals surface area (Å²) in [5.74, 6) is -2.30. The lowest BCUT2D eigenvalue weighted by atomic mass is 10.0. The van der Waals surface area contributed by atoms with Crippen LogP contribution < -0.4 is 4.74 Å². The van der Waals surface area contributed by atoms with E-state index in [4.69, 9.17) is 14.9 Å². The fraction of sp³-hybridized carbons (Fsp3) is 0.167. The highest BCUT2D eigenvalue weighted by molar-refractivity contribution is 6.20. The van der Waals surface area contributed by atoms with Gasteiger partial charge >= 0.3 is 11.9 Å². The van der Waals surface area contributed by atoms with Gasteiger partial charge in [0.15, 0.2) is 0 Å². The maximum atomic E-state index is 11.0. The third-order valence-corrected chi connectivity index (χ3v) is 2.14. The molecule has 0 atom stereocenters. The molecule has 5 heteroatoms. The second-order valence-corrected chi connectivity index (χ2v) is 3.41. The zero-order chi connectivity index (χ0) is 13.0. The molecule has 0 aliphatic carbocycles. The Morgan fingerprint density at radius 3 is 2.41 bits per heavy atom. The number of ether oxygens (including phenoxy) is 1. The van der Waals surface area contributed by atoms with Gasteiger partial charge in [-0.1, -0.05) is 11.6 Å². The number of methoxy groups -OCH3 is 1. The van der Waals surface area contributed by atoms with Crippen LogP contribution in [-0.2, 0) is 9.59 Å². The Kier molecular flexibility index (Phi) is 3.87. The van der Waals surface area contributed by atoms with E-state index in [0.717, 1.165) is 5.56 Å². The normalized spacial score (nSPS) is 11.1. The lowest BCUT2D eigenvalue weighted by Crippen LogP contribution is -2.05. The molecule has 0 spiro atoms. The number of carboxylic acids is 2. The Bertz CT molecular complexity index is 488. The monoisotopic (exact) mass is 236 g/mol. The van der Waals surface area contributed by atoms with Crippen LogP contribution in [0.2, 0.25) is 0 Å². The highest BCUT2D eigenvalue weighted by Gasteiger charge is 2.16. The van der Waals surface area contributed by atoms with Crippen LogP contribution in [0.5, 0.6) is 5.75 Å². The topological polar surface area (TPSA) is 83.8 Å². The lowest BCUT2D eigenvalue weighted by Gasteiger charge is -2.09. The van der Waals surface area contributed by atoms with Gasteiger partial charge in [0.2, 0.25) is 0 Å². The maximum absolute atomic E-state index is 11.0. The molecule has 2 N–H and O–H groups in total. The van der Waals surface area contributed by atoms with E-state index in [-0.39, 0.29) is 11.1 Å². The van der Waals surface area contributed by atoms with Crippen LogP contribution in [0.1, 0.15) is 11.1 Å². The van der Waals surface area contributed by atoms with Gasteiger partial charge in [-0.3, -0.25) is 0 Å². The van der Waals surface area contributed by atoms with Crippen molar-refractivity contribution in [3.05, 3.63) is 35.4 Å². The molecule has 0 unspecified atom stereocenters. The molecule has 1 rings (SSSR count). The van der Waals surface area contributed by atoms with Crippen LogP contribution in [0.15, 0.2) is 24.3 Å². The zero-order valence-corrected chi connectivity index (χ0v) is 9.43. The predicted molar refractivity (Wildman–Crippen MR) is 61.0 cm³/mol. The van der Waals surface area contributed by atoms with Crippen molar-refractivity contribution in [2.45, 2.75) is 6.92 Å². The molecule has 0 radical (unpaired) electrons. The van der Waals surface area contributed by atoms with Crippen molar-refractivity contribution in [3.63, 3.8) is 0 Å². The van der Waals surface area contributed by atoms with E-state index in [1.54, 1.807) is 25.1 Å². The highest BCUT2D eigenvalue weighted by atomic mass is 16.5. The number of carboxylic acid groups (broad SMARTS) is 2. The average Bonchev–Trinajstić information content (AvgIpc) is 2.25. The third-order valence-electron chi connectivity index (χ3n) is 2.14. The first-order valence-electron chi connectivity index (χ1n) is 4.78. The van der Waals surface area contributed by atoms with Crippen LogP contribution in [0.25, 0.3) is 5.57 Å². The first-order valence-corrected chi connectivity index (χ1v) is 4.78. The summed E-state index contributed by atoms with van der Waals surface area (Å²) in [5.41, 5.74) is 0.763. The highest BCUT2D eigenvalue weighted by Crippen LogP contribution is 2.27. The van der Waals surface area contributed by atoms with Gasteiger partial charge in [-0.25, -0.2) is 9.59 Å². The summed E-state index contributed by atoms with van der Waals surface area (Å²) >= 11 is 0. The molecule has 0 saturated carbocycles. The van der Waals surface area contributed by atoms with Crippen molar-refractivity contribution in [2.75, 3.05) is 7.11 Å². The van der Waals surface area contributed by atoms with Crippen LogP contribution in [0, 0.1) is 6.92 Å². The van der Waals surface area contributed by atoms with Crippen molar-refractivity contribution >= 4 is 17.5 Å². The minimum Gasteiger partial charge on any atom is -0.496 e. The van der Waals surface area contributed by atoms with E-state index >= 15 is 0 Å². The number of hydrogen-bond acceptors (Lipinski definition) is 3. The molecule has 0 aliphatic heterocycles. The van der Waals surface area contributed by atoms with Crippen molar-refractivity contribution in [1.82, 2.24) is 0 Å². The third kappa shape index (κ3) is 3.07. The zero-order valence-electron chi connectivity index (χ0n) is 9.43. The molecule has 1 aromatic rings. The smallest absolute Gasteiger partial charge is 0.336 e. The number of aryl methyl sites for hydroxylation is 1. The van der Waals surface area contributed by atoms with E-state index in [0.29, 0.717) is 11.8 Å². The molecule has 0 heterocycles. The molecule has 90 valence electrons. The summed E-state index contributed by atoms with van der Waals surface area (Å²) in [6.07, 6.45) is 0.652. The van der Waals surface area contributed by atoms with Crippen molar-refractivity contribution in [1.29, 1.82) is 0 Å². The summed E-state index contributed by atoms with van der Waals surface area (Å²) in [5, 5.41) is 17.6.